The van der Waals surface area contributed by atoms with Gasteiger partial charge in [-0.15, -0.1) is 0 Å². The van der Waals surface area contributed by atoms with Crippen LogP contribution >= 0.6 is 11.8 Å². The highest BCUT2D eigenvalue weighted by atomic mass is 32.2. The van der Waals surface area contributed by atoms with Gasteiger partial charge in [-0.3, -0.25) is 0 Å². The van der Waals surface area contributed by atoms with Gasteiger partial charge in [0.1, 0.15) is 16.8 Å². The Morgan fingerprint density at radius 1 is 1.14 bits per heavy atom. The van der Waals surface area contributed by atoms with E-state index in [1.165, 1.54) is 0 Å². The molecule has 0 amide bonds. The number of pyridine rings is 1. The lowest BCUT2D eigenvalue weighted by molar-refractivity contribution is -0.141. The Morgan fingerprint density at radius 3 is 2.33 bits per heavy atom. The van der Waals surface area contributed by atoms with E-state index in [-0.39, 0.29) is 17.2 Å². The van der Waals surface area contributed by atoms with Gasteiger partial charge < -0.3 is 5.11 Å². The first-order valence-electron chi connectivity index (χ1n) is 5.80. The third-order valence-corrected chi connectivity index (χ3v) is 3.60. The van der Waals surface area contributed by atoms with Crippen LogP contribution in [0.2, 0.25) is 0 Å². The van der Waals surface area contributed by atoms with E-state index in [1.807, 2.05) is 6.07 Å². The highest BCUT2D eigenvalue weighted by Gasteiger charge is 2.33. The third-order valence-electron chi connectivity index (χ3n) is 2.59. The molecular weight excluding hydrogens is 301 g/mol. The van der Waals surface area contributed by atoms with Crippen LogP contribution in [0, 0.1) is 11.3 Å². The number of halogens is 3. The standard InChI is InChI=1S/C14H9F3N2OS/c15-14(16,17)12-6-3-10(7-18)13(19-12)21-11-4-1-9(8-20)2-5-11/h1-6,20H,8H2. The first-order valence-corrected chi connectivity index (χ1v) is 6.61. The fraction of sp³-hybridized carbons (Fsp3) is 0.143. The minimum Gasteiger partial charge on any atom is -0.392 e. The van der Waals surface area contributed by atoms with Gasteiger partial charge in [0.15, 0.2) is 0 Å². The van der Waals surface area contributed by atoms with Crippen molar-refractivity contribution in [2.75, 3.05) is 0 Å². The number of aromatic nitrogens is 1. The normalized spacial score (nSPS) is 11.2. The molecule has 3 nitrogen and oxygen atoms in total. The second kappa shape index (κ2) is 6.16. The van der Waals surface area contributed by atoms with E-state index >= 15 is 0 Å². The van der Waals surface area contributed by atoms with Crippen LogP contribution in [-0.4, -0.2) is 10.1 Å². The molecule has 0 aliphatic rings. The molecule has 1 N–H and O–H groups in total. The SMILES string of the molecule is N#Cc1ccc(C(F)(F)F)nc1Sc1ccc(CO)cc1. The summed E-state index contributed by atoms with van der Waals surface area (Å²) in [5.74, 6) is 0. The van der Waals surface area contributed by atoms with Crippen molar-refractivity contribution in [2.24, 2.45) is 0 Å². The predicted molar refractivity (Wildman–Crippen MR) is 70.4 cm³/mol. The van der Waals surface area contributed by atoms with Crippen molar-refractivity contribution in [3.63, 3.8) is 0 Å². The Balaban J connectivity index is 2.35. The van der Waals surface area contributed by atoms with Gasteiger partial charge in [-0.05, 0) is 29.8 Å². The van der Waals surface area contributed by atoms with Crippen molar-refractivity contribution in [1.82, 2.24) is 4.98 Å². The Kier molecular flexibility index (Phi) is 4.50. The molecule has 1 aromatic carbocycles. The molecule has 0 unspecified atom stereocenters. The number of alkyl halides is 3. The number of aliphatic hydroxyl groups is 1. The number of hydrogen-bond acceptors (Lipinski definition) is 4. The van der Waals surface area contributed by atoms with Gasteiger partial charge in [0, 0.05) is 4.90 Å². The fourth-order valence-corrected chi connectivity index (χ4v) is 2.40. The zero-order chi connectivity index (χ0) is 15.5. The number of aliphatic hydroxyl groups excluding tert-OH is 1. The van der Waals surface area contributed by atoms with E-state index in [9.17, 15) is 13.2 Å². The molecule has 0 saturated heterocycles. The van der Waals surface area contributed by atoms with Crippen LogP contribution in [-0.2, 0) is 12.8 Å². The fourth-order valence-electron chi connectivity index (χ4n) is 1.54. The molecule has 2 aromatic rings. The molecule has 0 radical (unpaired) electrons. The molecule has 0 bridgehead atoms. The van der Waals surface area contributed by atoms with E-state index < -0.39 is 11.9 Å². The van der Waals surface area contributed by atoms with E-state index in [4.69, 9.17) is 10.4 Å². The van der Waals surface area contributed by atoms with E-state index in [0.717, 1.165) is 23.9 Å². The van der Waals surface area contributed by atoms with Crippen molar-refractivity contribution in [2.45, 2.75) is 22.7 Å². The lowest BCUT2D eigenvalue weighted by atomic mass is 10.2. The first-order chi connectivity index (χ1) is 9.94. The van der Waals surface area contributed by atoms with E-state index in [1.54, 1.807) is 24.3 Å². The smallest absolute Gasteiger partial charge is 0.392 e. The molecule has 0 aliphatic heterocycles. The summed E-state index contributed by atoms with van der Waals surface area (Å²) < 4.78 is 38.0. The average Bonchev–Trinajstić information content (AvgIpc) is 2.47. The van der Waals surface area contributed by atoms with Crippen LogP contribution in [0.15, 0.2) is 46.3 Å². The zero-order valence-corrected chi connectivity index (χ0v) is 11.4. The van der Waals surface area contributed by atoms with Crippen LogP contribution in [0.5, 0.6) is 0 Å². The highest BCUT2D eigenvalue weighted by Crippen LogP contribution is 2.33. The molecule has 108 valence electrons. The van der Waals surface area contributed by atoms with Crippen molar-refractivity contribution >= 4 is 11.8 Å². The predicted octanol–water partition coefficient (Wildman–Crippen LogP) is 3.62. The third kappa shape index (κ3) is 3.74. The maximum absolute atomic E-state index is 12.7. The topological polar surface area (TPSA) is 56.9 Å². The quantitative estimate of drug-likeness (QED) is 0.941. The lowest BCUT2D eigenvalue weighted by Crippen LogP contribution is -2.08. The summed E-state index contributed by atoms with van der Waals surface area (Å²) in [5, 5.41) is 17.9. The van der Waals surface area contributed by atoms with Gasteiger partial charge in [-0.1, -0.05) is 23.9 Å². The summed E-state index contributed by atoms with van der Waals surface area (Å²) in [4.78, 5) is 4.15. The van der Waals surface area contributed by atoms with Crippen molar-refractivity contribution in [3.05, 3.63) is 53.2 Å². The highest BCUT2D eigenvalue weighted by molar-refractivity contribution is 7.99. The number of nitriles is 1. The summed E-state index contributed by atoms with van der Waals surface area (Å²) >= 11 is 0.973. The first kappa shape index (κ1) is 15.4. The van der Waals surface area contributed by atoms with Gasteiger partial charge in [-0.25, -0.2) is 4.98 Å². The summed E-state index contributed by atoms with van der Waals surface area (Å²) in [5.41, 5.74) is -0.257. The van der Waals surface area contributed by atoms with Crippen LogP contribution in [0.1, 0.15) is 16.8 Å². The van der Waals surface area contributed by atoms with Crippen LogP contribution < -0.4 is 0 Å². The molecule has 0 aliphatic carbocycles. The van der Waals surface area contributed by atoms with Gasteiger partial charge in [0.25, 0.3) is 0 Å². The van der Waals surface area contributed by atoms with Gasteiger partial charge >= 0.3 is 6.18 Å². The molecule has 2 rings (SSSR count). The van der Waals surface area contributed by atoms with Crippen LogP contribution in [0.3, 0.4) is 0 Å². The molecular formula is C14H9F3N2OS. The van der Waals surface area contributed by atoms with Crippen LogP contribution in [0.25, 0.3) is 0 Å². The number of benzene rings is 1. The van der Waals surface area contributed by atoms with Gasteiger partial charge in [0.2, 0.25) is 0 Å². The van der Waals surface area contributed by atoms with Crippen molar-refractivity contribution < 1.29 is 18.3 Å². The second-order valence-corrected chi connectivity index (χ2v) is 5.13. The molecule has 1 aromatic heterocycles. The largest absolute Gasteiger partial charge is 0.433 e. The monoisotopic (exact) mass is 310 g/mol. The van der Waals surface area contributed by atoms with E-state index in [0.29, 0.717) is 10.5 Å². The molecule has 0 atom stereocenters. The molecule has 1 heterocycles. The number of hydrogen-bond donors (Lipinski definition) is 1. The Bertz CT molecular complexity index is 678. The molecule has 0 saturated carbocycles. The summed E-state index contributed by atoms with van der Waals surface area (Å²) in [6.45, 7) is -0.115. The summed E-state index contributed by atoms with van der Waals surface area (Å²) in [6, 6.07) is 10.3. The zero-order valence-electron chi connectivity index (χ0n) is 10.6. The van der Waals surface area contributed by atoms with Gasteiger partial charge in [-0.2, -0.15) is 18.4 Å². The molecule has 0 fully saturated rings. The maximum atomic E-state index is 12.7. The molecule has 0 spiro atoms. The molecule has 7 heteroatoms. The van der Waals surface area contributed by atoms with Crippen molar-refractivity contribution in [1.29, 1.82) is 5.26 Å². The Morgan fingerprint density at radius 2 is 1.81 bits per heavy atom. The molecule has 21 heavy (non-hydrogen) atoms. The Hall–Kier alpha value is -2.04. The van der Waals surface area contributed by atoms with E-state index in [2.05, 4.69) is 4.98 Å². The number of rotatable bonds is 3. The van der Waals surface area contributed by atoms with Gasteiger partial charge in [0.05, 0.1) is 12.2 Å². The second-order valence-electron chi connectivity index (χ2n) is 4.06. The summed E-state index contributed by atoms with van der Waals surface area (Å²) in [6.07, 6.45) is -4.55. The lowest BCUT2D eigenvalue weighted by Gasteiger charge is -2.09. The minimum absolute atomic E-state index is 0.00377. The Labute approximate surface area is 123 Å². The average molecular weight is 310 g/mol. The van der Waals surface area contributed by atoms with Crippen molar-refractivity contribution in [3.8, 4) is 6.07 Å². The summed E-state index contributed by atoms with van der Waals surface area (Å²) in [7, 11) is 0. The number of nitrogens with zero attached hydrogens (tertiary/aromatic N) is 2. The maximum Gasteiger partial charge on any atom is 0.433 e. The van der Waals surface area contributed by atoms with Crippen LogP contribution in [0.4, 0.5) is 13.2 Å². The minimum atomic E-state index is -4.55.